The van der Waals surface area contributed by atoms with Crippen LogP contribution in [0.5, 0.6) is 0 Å². The molecule has 0 saturated carbocycles. The van der Waals surface area contributed by atoms with E-state index in [-0.39, 0.29) is 5.91 Å². The van der Waals surface area contributed by atoms with Crippen LogP contribution in [0.2, 0.25) is 0 Å². The molecule has 3 aromatic rings. The van der Waals surface area contributed by atoms with E-state index in [0.29, 0.717) is 12.3 Å². The molecule has 1 amide bonds. The zero-order chi connectivity index (χ0) is 19.9. The van der Waals surface area contributed by atoms with Crippen molar-refractivity contribution >= 4 is 28.6 Å². The minimum absolute atomic E-state index is 0.0899. The molecule has 0 atom stereocenters. The maximum absolute atomic E-state index is 12.8. The summed E-state index contributed by atoms with van der Waals surface area (Å²) >= 11 is 1.81. The highest BCUT2D eigenvalue weighted by molar-refractivity contribution is 7.97. The van der Waals surface area contributed by atoms with Crippen molar-refractivity contribution in [1.82, 2.24) is 5.32 Å². The van der Waals surface area contributed by atoms with Crippen LogP contribution in [0.4, 0.5) is 0 Å². The van der Waals surface area contributed by atoms with Crippen molar-refractivity contribution in [2.75, 3.05) is 26.2 Å². The average molecular weight is 410 g/mol. The Morgan fingerprint density at radius 3 is 2.59 bits per heavy atom. The van der Waals surface area contributed by atoms with Gasteiger partial charge in [0.1, 0.15) is 5.58 Å². The van der Waals surface area contributed by atoms with Crippen LogP contribution in [-0.2, 0) is 11.5 Å². The van der Waals surface area contributed by atoms with E-state index in [4.69, 9.17) is 4.42 Å². The maximum atomic E-state index is 12.8. The van der Waals surface area contributed by atoms with Crippen LogP contribution < -0.4 is 10.2 Å². The van der Waals surface area contributed by atoms with E-state index in [2.05, 4.69) is 29.6 Å². The fraction of sp³-hybridized carbons (Fsp3) is 0.375. The lowest BCUT2D eigenvalue weighted by Gasteiger charge is -2.12. The zero-order valence-electron chi connectivity index (χ0n) is 16.8. The quantitative estimate of drug-likeness (QED) is 0.530. The second-order valence-electron chi connectivity index (χ2n) is 7.70. The molecule has 0 radical (unpaired) electrons. The lowest BCUT2D eigenvalue weighted by molar-refractivity contribution is -0.887. The first kappa shape index (κ1) is 20.0. The Kier molecular flexibility index (Phi) is 6.91. The summed E-state index contributed by atoms with van der Waals surface area (Å²) in [5.74, 6) is 2.06. The van der Waals surface area contributed by atoms with E-state index in [1.807, 2.05) is 42.1 Å². The fourth-order valence-electron chi connectivity index (χ4n) is 4.02. The third kappa shape index (κ3) is 5.22. The molecular weight excluding hydrogens is 380 g/mol. The Bertz CT molecular complexity index is 932. The molecule has 0 unspecified atom stereocenters. The highest BCUT2D eigenvalue weighted by Crippen LogP contribution is 2.30. The summed E-state index contributed by atoms with van der Waals surface area (Å²) in [6.45, 7) is 4.40. The second kappa shape index (κ2) is 9.99. The van der Waals surface area contributed by atoms with Gasteiger partial charge < -0.3 is 14.6 Å². The van der Waals surface area contributed by atoms with Crippen molar-refractivity contribution in [2.45, 2.75) is 30.8 Å². The number of rotatable bonds is 9. The summed E-state index contributed by atoms with van der Waals surface area (Å²) in [4.78, 5) is 14.5. The molecule has 29 heavy (non-hydrogen) atoms. The average Bonchev–Trinajstić information content (AvgIpc) is 3.40. The molecule has 0 aliphatic carbocycles. The van der Waals surface area contributed by atoms with Gasteiger partial charge in [0.2, 0.25) is 0 Å². The summed E-state index contributed by atoms with van der Waals surface area (Å²) in [5, 5.41) is 4.12. The van der Waals surface area contributed by atoms with Crippen LogP contribution >= 0.6 is 11.8 Å². The molecule has 5 heteroatoms. The van der Waals surface area contributed by atoms with Gasteiger partial charge in [0, 0.05) is 48.3 Å². The summed E-state index contributed by atoms with van der Waals surface area (Å²) in [5.41, 5.74) is 3.08. The van der Waals surface area contributed by atoms with Crippen LogP contribution in [0.1, 0.15) is 40.9 Å². The predicted octanol–water partition coefficient (Wildman–Crippen LogP) is 3.66. The summed E-state index contributed by atoms with van der Waals surface area (Å²) in [6, 6.07) is 18.4. The molecule has 152 valence electrons. The van der Waals surface area contributed by atoms with Crippen molar-refractivity contribution < 1.29 is 14.1 Å². The normalized spacial score (nSPS) is 14.5. The lowest BCUT2D eigenvalue weighted by Crippen LogP contribution is -3.10. The summed E-state index contributed by atoms with van der Waals surface area (Å²) in [7, 11) is 0. The van der Waals surface area contributed by atoms with E-state index < -0.39 is 0 Å². The molecule has 1 aliphatic heterocycles. The summed E-state index contributed by atoms with van der Waals surface area (Å²) < 4.78 is 5.96. The van der Waals surface area contributed by atoms with E-state index in [1.165, 1.54) is 31.5 Å². The smallest absolute Gasteiger partial charge is 0.287 e. The van der Waals surface area contributed by atoms with Crippen molar-refractivity contribution in [3.05, 3.63) is 71.5 Å². The number of thioether (sulfide) groups is 1. The molecule has 1 aromatic heterocycles. The second-order valence-corrected chi connectivity index (χ2v) is 8.69. The SMILES string of the molecule is O=C(NCCC[NH+]1CCCC1)c1oc2ccccc2c1CSCc1ccccc1. The summed E-state index contributed by atoms with van der Waals surface area (Å²) in [6.07, 6.45) is 3.69. The minimum atomic E-state index is -0.0899. The highest BCUT2D eigenvalue weighted by Gasteiger charge is 2.20. The number of likely N-dealkylation sites (tertiary alicyclic amines) is 1. The van der Waals surface area contributed by atoms with E-state index in [0.717, 1.165) is 41.0 Å². The van der Waals surface area contributed by atoms with Gasteiger partial charge in [0.05, 0.1) is 19.6 Å². The zero-order valence-corrected chi connectivity index (χ0v) is 17.6. The number of quaternary nitrogens is 1. The number of hydrogen-bond acceptors (Lipinski definition) is 3. The van der Waals surface area contributed by atoms with Gasteiger partial charge in [-0.2, -0.15) is 11.8 Å². The maximum Gasteiger partial charge on any atom is 0.287 e. The molecule has 4 rings (SSSR count). The van der Waals surface area contributed by atoms with Crippen molar-refractivity contribution in [2.24, 2.45) is 0 Å². The molecule has 4 nitrogen and oxygen atoms in total. The van der Waals surface area contributed by atoms with Gasteiger partial charge in [0.25, 0.3) is 5.91 Å². The number of nitrogens with one attached hydrogen (secondary N) is 2. The van der Waals surface area contributed by atoms with E-state index in [9.17, 15) is 4.79 Å². The predicted molar refractivity (Wildman–Crippen MR) is 119 cm³/mol. The van der Waals surface area contributed by atoms with Crippen LogP contribution in [-0.4, -0.2) is 32.1 Å². The largest absolute Gasteiger partial charge is 0.451 e. The van der Waals surface area contributed by atoms with Crippen molar-refractivity contribution in [1.29, 1.82) is 0 Å². The highest BCUT2D eigenvalue weighted by atomic mass is 32.2. The van der Waals surface area contributed by atoms with Gasteiger partial charge in [-0.15, -0.1) is 0 Å². The molecule has 2 N–H and O–H groups in total. The Balaban J connectivity index is 1.39. The van der Waals surface area contributed by atoms with E-state index in [1.54, 1.807) is 4.90 Å². The molecule has 2 aromatic carbocycles. The number of furan rings is 1. The van der Waals surface area contributed by atoms with Gasteiger partial charge in [-0.05, 0) is 11.6 Å². The first-order chi connectivity index (χ1) is 14.3. The number of amides is 1. The Morgan fingerprint density at radius 2 is 1.76 bits per heavy atom. The number of benzene rings is 2. The third-order valence-corrected chi connectivity index (χ3v) is 6.60. The molecular formula is C24H29N2O2S+. The van der Waals surface area contributed by atoms with Crippen molar-refractivity contribution in [3.63, 3.8) is 0 Å². The topological polar surface area (TPSA) is 46.7 Å². The molecule has 2 heterocycles. The fourth-order valence-corrected chi connectivity index (χ4v) is 5.04. The Labute approximate surface area is 176 Å². The molecule has 0 spiro atoms. The Morgan fingerprint density at radius 1 is 1.00 bits per heavy atom. The molecule has 0 bridgehead atoms. The lowest BCUT2D eigenvalue weighted by atomic mass is 10.1. The number of fused-ring (bicyclic) bond motifs is 1. The number of para-hydroxylation sites is 1. The third-order valence-electron chi connectivity index (χ3n) is 5.57. The van der Waals surface area contributed by atoms with Crippen molar-refractivity contribution in [3.8, 4) is 0 Å². The number of hydrogen-bond donors (Lipinski definition) is 2. The molecule has 1 saturated heterocycles. The van der Waals surface area contributed by atoms with Crippen LogP contribution in [0, 0.1) is 0 Å². The van der Waals surface area contributed by atoms with Gasteiger partial charge in [-0.3, -0.25) is 4.79 Å². The van der Waals surface area contributed by atoms with Crippen LogP contribution in [0.15, 0.2) is 59.0 Å². The molecule has 1 fully saturated rings. The van der Waals surface area contributed by atoms with Gasteiger partial charge >= 0.3 is 0 Å². The van der Waals surface area contributed by atoms with Gasteiger partial charge in [-0.25, -0.2) is 0 Å². The number of carbonyl (C=O) groups is 1. The number of carbonyl (C=O) groups excluding carboxylic acids is 1. The molecule has 1 aliphatic rings. The van der Waals surface area contributed by atoms with Gasteiger partial charge in [-0.1, -0.05) is 48.5 Å². The van der Waals surface area contributed by atoms with Crippen LogP contribution in [0.3, 0.4) is 0 Å². The standard InChI is InChI=1S/C24H28N2O2S/c27-24(25-13-8-16-26-14-6-7-15-26)23-21(20-11-4-5-12-22(20)28-23)18-29-17-19-9-2-1-3-10-19/h1-5,9-12H,6-8,13-18H2,(H,25,27)/p+1. The monoisotopic (exact) mass is 409 g/mol. The first-order valence-electron chi connectivity index (χ1n) is 10.5. The van der Waals surface area contributed by atoms with E-state index >= 15 is 0 Å². The first-order valence-corrected chi connectivity index (χ1v) is 11.7. The Hall–Kier alpha value is -2.24. The van der Waals surface area contributed by atoms with Gasteiger partial charge in [0.15, 0.2) is 5.76 Å². The van der Waals surface area contributed by atoms with Crippen LogP contribution in [0.25, 0.3) is 11.0 Å². The minimum Gasteiger partial charge on any atom is -0.451 e.